The number of hydrogen-bond acceptors (Lipinski definition) is 4. The Balaban J connectivity index is 1.75. The fourth-order valence-electron chi connectivity index (χ4n) is 3.76. The van der Waals surface area contributed by atoms with Crippen LogP contribution in [0.15, 0.2) is 4.99 Å². The number of hydrogen-bond donors (Lipinski definition) is 1. The van der Waals surface area contributed by atoms with Crippen LogP contribution in [0.1, 0.15) is 33.1 Å². The number of likely N-dealkylation sites (N-methyl/N-ethyl adjacent to an activating group) is 1. The van der Waals surface area contributed by atoms with Gasteiger partial charge in [0.25, 0.3) is 0 Å². The van der Waals surface area contributed by atoms with E-state index in [1.165, 1.54) is 5.75 Å². The fraction of sp³-hybridized carbons (Fsp3) is 0.895. The van der Waals surface area contributed by atoms with Gasteiger partial charge in [0.1, 0.15) is 0 Å². The molecule has 2 heterocycles. The van der Waals surface area contributed by atoms with Gasteiger partial charge in [-0.25, -0.2) is 0 Å². The normalized spacial score (nSPS) is 25.0. The van der Waals surface area contributed by atoms with Crippen LogP contribution < -0.4 is 5.32 Å². The van der Waals surface area contributed by atoms with Gasteiger partial charge in [0.2, 0.25) is 5.91 Å². The van der Waals surface area contributed by atoms with E-state index in [4.69, 9.17) is 0 Å². The molecule has 0 spiro atoms. The number of carbonyl (C=O) groups excluding carboxylic acids is 1. The number of guanidine groups is 1. The molecule has 2 aliphatic heterocycles. The molecule has 2 aliphatic rings. The summed E-state index contributed by atoms with van der Waals surface area (Å²) >= 11 is 2.09. The SMILES string of the molecule is CN=C(NCCCN1CCCC1C(=O)N(C)C)N1CCSC(C(C)C)C1. The quantitative estimate of drug-likeness (QED) is 0.429. The van der Waals surface area contributed by atoms with Gasteiger partial charge in [0.05, 0.1) is 6.04 Å². The molecule has 150 valence electrons. The van der Waals surface area contributed by atoms with Gasteiger partial charge in [-0.15, -0.1) is 0 Å². The zero-order valence-electron chi connectivity index (χ0n) is 17.2. The summed E-state index contributed by atoms with van der Waals surface area (Å²) in [6.07, 6.45) is 3.15. The molecule has 0 bridgehead atoms. The van der Waals surface area contributed by atoms with Gasteiger partial charge in [0, 0.05) is 58.3 Å². The van der Waals surface area contributed by atoms with Crippen LogP contribution in [0.5, 0.6) is 0 Å². The van der Waals surface area contributed by atoms with Gasteiger partial charge in [0.15, 0.2) is 5.96 Å². The minimum absolute atomic E-state index is 0.0789. The maximum absolute atomic E-state index is 12.3. The summed E-state index contributed by atoms with van der Waals surface area (Å²) in [5.41, 5.74) is 0. The molecule has 0 aromatic rings. The van der Waals surface area contributed by atoms with E-state index in [1.54, 1.807) is 4.90 Å². The minimum Gasteiger partial charge on any atom is -0.356 e. The maximum atomic E-state index is 12.3. The van der Waals surface area contributed by atoms with Gasteiger partial charge in [-0.1, -0.05) is 13.8 Å². The van der Waals surface area contributed by atoms with Gasteiger partial charge in [-0.2, -0.15) is 11.8 Å². The number of carbonyl (C=O) groups is 1. The second-order valence-corrected chi connectivity index (χ2v) is 9.20. The molecule has 7 heteroatoms. The van der Waals surface area contributed by atoms with Crippen molar-refractivity contribution in [1.82, 2.24) is 20.0 Å². The van der Waals surface area contributed by atoms with Crippen LogP contribution in [-0.4, -0.2) is 97.5 Å². The molecular weight excluding hydrogens is 346 g/mol. The average molecular weight is 384 g/mol. The predicted octanol–water partition coefficient (Wildman–Crippen LogP) is 1.58. The Labute approximate surface area is 163 Å². The van der Waals surface area contributed by atoms with Gasteiger partial charge >= 0.3 is 0 Å². The molecule has 2 unspecified atom stereocenters. The van der Waals surface area contributed by atoms with Gasteiger partial charge < -0.3 is 15.1 Å². The molecule has 0 radical (unpaired) electrons. The third-order valence-corrected chi connectivity index (χ3v) is 6.88. The molecule has 1 N–H and O–H groups in total. The summed E-state index contributed by atoms with van der Waals surface area (Å²) in [5, 5.41) is 4.22. The van der Waals surface area contributed by atoms with E-state index in [-0.39, 0.29) is 11.9 Å². The summed E-state index contributed by atoms with van der Waals surface area (Å²) in [4.78, 5) is 23.2. The Kier molecular flexibility index (Phi) is 8.54. The van der Waals surface area contributed by atoms with Crippen LogP contribution >= 0.6 is 11.8 Å². The summed E-state index contributed by atoms with van der Waals surface area (Å²) in [7, 11) is 5.58. The first-order valence-electron chi connectivity index (χ1n) is 9.96. The lowest BCUT2D eigenvalue weighted by Crippen LogP contribution is -2.49. The van der Waals surface area contributed by atoms with Crippen molar-refractivity contribution in [3.8, 4) is 0 Å². The van der Waals surface area contributed by atoms with Gasteiger partial charge in [-0.05, 0) is 31.7 Å². The van der Waals surface area contributed by atoms with Crippen LogP contribution in [0.2, 0.25) is 0 Å². The minimum atomic E-state index is 0.0789. The second kappa shape index (κ2) is 10.4. The Morgan fingerprint density at radius 1 is 1.35 bits per heavy atom. The van der Waals surface area contributed by atoms with Crippen molar-refractivity contribution < 1.29 is 4.79 Å². The summed E-state index contributed by atoms with van der Waals surface area (Å²) in [6.45, 7) is 9.67. The first kappa shape index (κ1) is 21.4. The molecule has 2 saturated heterocycles. The van der Waals surface area contributed by atoms with Crippen molar-refractivity contribution in [3.05, 3.63) is 0 Å². The van der Waals surface area contributed by atoms with Gasteiger partial charge in [-0.3, -0.25) is 14.7 Å². The number of amides is 1. The number of nitrogens with zero attached hydrogens (tertiary/aromatic N) is 4. The van der Waals surface area contributed by atoms with Crippen molar-refractivity contribution in [3.63, 3.8) is 0 Å². The van der Waals surface area contributed by atoms with E-state index in [0.717, 1.165) is 57.9 Å². The van der Waals surface area contributed by atoms with E-state index < -0.39 is 0 Å². The number of likely N-dealkylation sites (tertiary alicyclic amines) is 1. The monoisotopic (exact) mass is 383 g/mol. The van der Waals surface area contributed by atoms with E-state index in [1.807, 2.05) is 21.1 Å². The summed E-state index contributed by atoms with van der Waals surface area (Å²) < 4.78 is 0. The number of thioether (sulfide) groups is 1. The van der Waals surface area contributed by atoms with Crippen LogP contribution in [0.25, 0.3) is 0 Å². The number of nitrogens with one attached hydrogen (secondary N) is 1. The highest BCUT2D eigenvalue weighted by Crippen LogP contribution is 2.24. The van der Waals surface area contributed by atoms with Crippen molar-refractivity contribution in [1.29, 1.82) is 0 Å². The van der Waals surface area contributed by atoms with E-state index in [9.17, 15) is 4.79 Å². The highest BCUT2D eigenvalue weighted by Gasteiger charge is 2.31. The summed E-state index contributed by atoms with van der Waals surface area (Å²) in [6, 6.07) is 0.0789. The van der Waals surface area contributed by atoms with E-state index >= 15 is 0 Å². The van der Waals surface area contributed by atoms with Crippen LogP contribution in [-0.2, 0) is 4.79 Å². The van der Waals surface area contributed by atoms with Crippen molar-refractivity contribution in [2.24, 2.45) is 10.9 Å². The molecule has 26 heavy (non-hydrogen) atoms. The molecule has 0 aromatic heterocycles. The molecule has 0 aromatic carbocycles. The highest BCUT2D eigenvalue weighted by molar-refractivity contribution is 8.00. The first-order chi connectivity index (χ1) is 12.4. The molecule has 2 fully saturated rings. The van der Waals surface area contributed by atoms with E-state index in [0.29, 0.717) is 11.2 Å². The molecule has 2 atom stereocenters. The molecule has 1 amide bonds. The second-order valence-electron chi connectivity index (χ2n) is 7.85. The average Bonchev–Trinajstić information content (AvgIpc) is 3.09. The Bertz CT molecular complexity index is 483. The van der Waals surface area contributed by atoms with Crippen molar-refractivity contribution in [2.75, 3.05) is 59.6 Å². The zero-order chi connectivity index (χ0) is 19.1. The van der Waals surface area contributed by atoms with E-state index in [2.05, 4.69) is 45.7 Å². The predicted molar refractivity (Wildman–Crippen MR) is 112 cm³/mol. The summed E-state index contributed by atoms with van der Waals surface area (Å²) in [5.74, 6) is 3.14. The standard InChI is InChI=1S/C19H37N5OS/c1-15(2)17-14-24(12-13-26-17)19(20-3)21-9-7-11-23-10-6-8-16(23)18(25)22(4)5/h15-17H,6-14H2,1-5H3,(H,20,21). The number of aliphatic imine (C=N–C) groups is 1. The molecule has 2 rings (SSSR count). The third kappa shape index (κ3) is 5.78. The molecule has 0 aliphatic carbocycles. The maximum Gasteiger partial charge on any atom is 0.239 e. The zero-order valence-corrected chi connectivity index (χ0v) is 18.0. The Morgan fingerprint density at radius 2 is 2.12 bits per heavy atom. The lowest BCUT2D eigenvalue weighted by atomic mass is 10.1. The smallest absolute Gasteiger partial charge is 0.239 e. The lowest BCUT2D eigenvalue weighted by molar-refractivity contribution is -0.133. The van der Waals surface area contributed by atoms with Crippen molar-refractivity contribution in [2.45, 2.75) is 44.4 Å². The van der Waals surface area contributed by atoms with Crippen LogP contribution in [0.3, 0.4) is 0 Å². The molecule has 6 nitrogen and oxygen atoms in total. The Hall–Kier alpha value is -0.950. The van der Waals surface area contributed by atoms with Crippen molar-refractivity contribution >= 4 is 23.6 Å². The first-order valence-corrected chi connectivity index (χ1v) is 11.0. The largest absolute Gasteiger partial charge is 0.356 e. The highest BCUT2D eigenvalue weighted by atomic mass is 32.2. The van der Waals surface area contributed by atoms with Crippen LogP contribution in [0.4, 0.5) is 0 Å². The van der Waals surface area contributed by atoms with Crippen LogP contribution in [0, 0.1) is 5.92 Å². The topological polar surface area (TPSA) is 51.2 Å². The molecular formula is C19H37N5OS. The Morgan fingerprint density at radius 3 is 2.77 bits per heavy atom. The molecule has 0 saturated carbocycles. The third-order valence-electron chi connectivity index (χ3n) is 5.34. The fourth-order valence-corrected chi connectivity index (χ4v) is 5.06. The number of rotatable bonds is 6. The lowest BCUT2D eigenvalue weighted by Gasteiger charge is -2.36.